The van der Waals surface area contributed by atoms with Crippen LogP contribution in [-0.4, -0.2) is 52.8 Å². The number of nitrogens with zero attached hydrogens (tertiary/aromatic N) is 1. The predicted molar refractivity (Wildman–Crippen MR) is 52.8 cm³/mol. The molecule has 15 heavy (non-hydrogen) atoms. The van der Waals surface area contributed by atoms with Crippen molar-refractivity contribution >= 4 is 16.0 Å². The molecule has 2 N–H and O–H groups in total. The van der Waals surface area contributed by atoms with E-state index in [1.165, 1.54) is 6.92 Å². The molecule has 0 spiro atoms. The van der Waals surface area contributed by atoms with E-state index >= 15 is 0 Å². The number of aliphatic hydroxyl groups is 1. The zero-order valence-electron chi connectivity index (χ0n) is 8.67. The van der Waals surface area contributed by atoms with Crippen LogP contribution in [0, 0.1) is 0 Å². The van der Waals surface area contributed by atoms with Crippen LogP contribution in [0.1, 0.15) is 20.3 Å². The van der Waals surface area contributed by atoms with Gasteiger partial charge in [-0.05, 0) is 20.3 Å². The molecule has 1 aliphatic heterocycles. The zero-order valence-corrected chi connectivity index (χ0v) is 9.49. The first-order chi connectivity index (χ1) is 6.67. The summed E-state index contributed by atoms with van der Waals surface area (Å²) in [7, 11) is -3.84. The van der Waals surface area contributed by atoms with Crippen molar-refractivity contribution in [1.82, 2.24) is 4.31 Å². The molecule has 0 amide bonds. The quantitative estimate of drug-likeness (QED) is 0.673. The Bertz CT molecular complexity index is 361. The van der Waals surface area contributed by atoms with E-state index in [0.29, 0.717) is 6.42 Å². The smallest absolute Gasteiger partial charge is 0.323 e. The second kappa shape index (κ2) is 3.73. The maximum Gasteiger partial charge on any atom is 0.323 e. The van der Waals surface area contributed by atoms with Crippen LogP contribution in [0.5, 0.6) is 0 Å². The second-order valence-electron chi connectivity index (χ2n) is 4.11. The van der Waals surface area contributed by atoms with Crippen LogP contribution in [0.2, 0.25) is 0 Å². The highest BCUT2D eigenvalue weighted by atomic mass is 32.2. The first kappa shape index (κ1) is 12.4. The van der Waals surface area contributed by atoms with Gasteiger partial charge in [0.15, 0.2) is 5.25 Å². The summed E-state index contributed by atoms with van der Waals surface area (Å²) in [6.45, 7) is 2.80. The lowest BCUT2D eigenvalue weighted by Gasteiger charge is -2.20. The van der Waals surface area contributed by atoms with Crippen LogP contribution in [-0.2, 0) is 14.8 Å². The van der Waals surface area contributed by atoms with Crippen LogP contribution in [0.25, 0.3) is 0 Å². The minimum Gasteiger partial charge on any atom is -0.480 e. The third kappa shape index (κ3) is 2.47. The molecule has 1 aliphatic rings. The van der Waals surface area contributed by atoms with E-state index in [1.54, 1.807) is 0 Å². The average molecular weight is 237 g/mol. The molecule has 2 atom stereocenters. The summed E-state index contributed by atoms with van der Waals surface area (Å²) < 4.78 is 24.4. The number of aliphatic carboxylic acids is 1. The molecule has 7 heteroatoms. The van der Waals surface area contributed by atoms with Crippen molar-refractivity contribution in [3.8, 4) is 0 Å². The molecule has 0 aromatic heterocycles. The van der Waals surface area contributed by atoms with Gasteiger partial charge in [-0.3, -0.25) is 4.79 Å². The summed E-state index contributed by atoms with van der Waals surface area (Å²) in [6.07, 6.45) is 0.332. The van der Waals surface area contributed by atoms with Gasteiger partial charge in [-0.1, -0.05) is 0 Å². The third-order valence-electron chi connectivity index (χ3n) is 2.57. The maximum atomic E-state index is 11.7. The Morgan fingerprint density at radius 1 is 1.53 bits per heavy atom. The molecule has 0 aromatic rings. The van der Waals surface area contributed by atoms with E-state index in [1.807, 2.05) is 0 Å². The summed E-state index contributed by atoms with van der Waals surface area (Å²) in [6, 6.07) is 0. The van der Waals surface area contributed by atoms with Gasteiger partial charge in [-0.15, -0.1) is 0 Å². The molecule has 0 radical (unpaired) electrons. The summed E-state index contributed by atoms with van der Waals surface area (Å²) >= 11 is 0. The van der Waals surface area contributed by atoms with Gasteiger partial charge in [0, 0.05) is 13.1 Å². The van der Waals surface area contributed by atoms with Crippen molar-refractivity contribution < 1.29 is 23.4 Å². The monoisotopic (exact) mass is 237 g/mol. The van der Waals surface area contributed by atoms with Gasteiger partial charge in [0.2, 0.25) is 10.0 Å². The Balaban J connectivity index is 2.86. The first-order valence-corrected chi connectivity index (χ1v) is 6.11. The lowest BCUT2D eigenvalue weighted by Crippen LogP contribution is -2.41. The van der Waals surface area contributed by atoms with Crippen LogP contribution < -0.4 is 0 Å². The number of carboxylic acid groups (broad SMARTS) is 1. The highest BCUT2D eigenvalue weighted by molar-refractivity contribution is 7.90. The zero-order chi connectivity index (χ0) is 11.9. The van der Waals surface area contributed by atoms with E-state index in [-0.39, 0.29) is 13.1 Å². The molecule has 1 fully saturated rings. The lowest BCUT2D eigenvalue weighted by molar-refractivity contribution is -0.136. The predicted octanol–water partition coefficient (Wildman–Crippen LogP) is -0.754. The van der Waals surface area contributed by atoms with E-state index < -0.39 is 26.8 Å². The molecule has 2 unspecified atom stereocenters. The summed E-state index contributed by atoms with van der Waals surface area (Å²) in [5.74, 6) is -1.37. The topological polar surface area (TPSA) is 94.9 Å². The number of hydrogen-bond acceptors (Lipinski definition) is 4. The summed E-state index contributed by atoms with van der Waals surface area (Å²) in [5, 5.41) is 16.8. The van der Waals surface area contributed by atoms with Crippen molar-refractivity contribution in [1.29, 1.82) is 0 Å². The van der Waals surface area contributed by atoms with Gasteiger partial charge in [0.1, 0.15) is 0 Å². The number of sulfonamides is 1. The number of β-amino-alcohol motifs (C(OH)–C–C–N with tert-alkyl or cyclic N) is 1. The van der Waals surface area contributed by atoms with Crippen LogP contribution in [0.3, 0.4) is 0 Å². The first-order valence-electron chi connectivity index (χ1n) is 4.61. The van der Waals surface area contributed by atoms with E-state index in [4.69, 9.17) is 5.11 Å². The minimum absolute atomic E-state index is 0.0348. The SMILES string of the molecule is CC(C(=O)O)S(=O)(=O)N1CCC(C)(O)C1. The van der Waals surface area contributed by atoms with Crippen molar-refractivity contribution in [3.05, 3.63) is 0 Å². The Labute approximate surface area is 88.6 Å². The number of hydrogen-bond donors (Lipinski definition) is 2. The average Bonchev–Trinajstić information content (AvgIpc) is 2.45. The Morgan fingerprint density at radius 2 is 2.07 bits per heavy atom. The van der Waals surface area contributed by atoms with Crippen molar-refractivity contribution in [2.75, 3.05) is 13.1 Å². The van der Waals surface area contributed by atoms with E-state index in [0.717, 1.165) is 11.2 Å². The number of rotatable bonds is 3. The fourth-order valence-corrected chi connectivity index (χ4v) is 2.98. The van der Waals surface area contributed by atoms with Crippen LogP contribution in [0.4, 0.5) is 0 Å². The number of carbonyl (C=O) groups is 1. The Morgan fingerprint density at radius 3 is 2.40 bits per heavy atom. The molecule has 0 bridgehead atoms. The maximum absolute atomic E-state index is 11.7. The van der Waals surface area contributed by atoms with Crippen molar-refractivity contribution in [2.24, 2.45) is 0 Å². The molecule has 0 aliphatic carbocycles. The van der Waals surface area contributed by atoms with Crippen molar-refractivity contribution in [2.45, 2.75) is 31.1 Å². The number of carboxylic acids is 1. The molecular formula is C8H15NO5S. The largest absolute Gasteiger partial charge is 0.480 e. The normalized spacial score (nSPS) is 30.3. The molecule has 1 rings (SSSR count). The van der Waals surface area contributed by atoms with Gasteiger partial charge in [-0.2, -0.15) is 4.31 Å². The molecule has 6 nitrogen and oxygen atoms in total. The van der Waals surface area contributed by atoms with Gasteiger partial charge < -0.3 is 10.2 Å². The standard InChI is InChI=1S/C8H15NO5S/c1-6(7(10)11)15(13,14)9-4-3-8(2,12)5-9/h6,12H,3-5H2,1-2H3,(H,10,11). The molecule has 0 aromatic carbocycles. The van der Waals surface area contributed by atoms with Gasteiger partial charge in [-0.25, -0.2) is 8.42 Å². The van der Waals surface area contributed by atoms with Crippen LogP contribution >= 0.6 is 0 Å². The highest BCUT2D eigenvalue weighted by Gasteiger charge is 2.42. The third-order valence-corrected chi connectivity index (χ3v) is 4.70. The second-order valence-corrected chi connectivity index (χ2v) is 6.36. The van der Waals surface area contributed by atoms with E-state index in [9.17, 15) is 18.3 Å². The molecule has 88 valence electrons. The molecule has 0 saturated carbocycles. The van der Waals surface area contributed by atoms with Gasteiger partial charge >= 0.3 is 5.97 Å². The van der Waals surface area contributed by atoms with Crippen LogP contribution in [0.15, 0.2) is 0 Å². The summed E-state index contributed by atoms with van der Waals surface area (Å²) in [4.78, 5) is 10.6. The fourth-order valence-electron chi connectivity index (χ4n) is 1.47. The van der Waals surface area contributed by atoms with E-state index in [2.05, 4.69) is 0 Å². The molecular weight excluding hydrogens is 222 g/mol. The van der Waals surface area contributed by atoms with Crippen molar-refractivity contribution in [3.63, 3.8) is 0 Å². The molecule has 1 heterocycles. The Hall–Kier alpha value is -0.660. The fraction of sp³-hybridized carbons (Fsp3) is 0.875. The van der Waals surface area contributed by atoms with Gasteiger partial charge in [0.25, 0.3) is 0 Å². The highest BCUT2D eigenvalue weighted by Crippen LogP contribution is 2.24. The lowest BCUT2D eigenvalue weighted by atomic mass is 10.1. The Kier molecular flexibility index (Phi) is 3.09. The van der Waals surface area contributed by atoms with Gasteiger partial charge in [0.05, 0.1) is 5.60 Å². The molecule has 1 saturated heterocycles. The minimum atomic E-state index is -3.84. The summed E-state index contributed by atoms with van der Waals surface area (Å²) in [5.41, 5.74) is -1.05.